The van der Waals surface area contributed by atoms with Gasteiger partial charge < -0.3 is 14.3 Å². The average molecular weight is 487 g/mol. The molecule has 1 unspecified atom stereocenters. The second-order valence-electron chi connectivity index (χ2n) is 7.91. The standard InChI is InChI=1S/C27H22N2O5S/c1-3-33-19-13-11-18(12-14-19)29-22(20-10-7-15-34-20)21(24(31)27(29)32)23(30)25-16(2)28-26(35-25)17-8-5-4-6-9-17/h4-15,22,31H,3H2,1-2H3. The van der Waals surface area contributed by atoms with Crippen molar-refractivity contribution in [2.45, 2.75) is 19.9 Å². The SMILES string of the molecule is CCOc1ccc(N2C(=O)C(O)=C(C(=O)c3sc(-c4ccccc4)nc3C)C2c2ccco2)cc1. The van der Waals surface area contributed by atoms with Crippen molar-refractivity contribution in [2.24, 2.45) is 0 Å². The smallest absolute Gasteiger partial charge is 0.294 e. The summed E-state index contributed by atoms with van der Waals surface area (Å²) in [5, 5.41) is 11.6. The van der Waals surface area contributed by atoms with Crippen molar-refractivity contribution in [2.75, 3.05) is 11.5 Å². The van der Waals surface area contributed by atoms with Gasteiger partial charge in [-0.15, -0.1) is 11.3 Å². The molecule has 4 aromatic rings. The number of carbonyl (C=O) groups excluding carboxylic acids is 2. The van der Waals surface area contributed by atoms with Crippen LogP contribution in [0.1, 0.15) is 34.1 Å². The fourth-order valence-electron chi connectivity index (χ4n) is 4.12. The Morgan fingerprint density at radius 3 is 2.51 bits per heavy atom. The maximum absolute atomic E-state index is 13.8. The molecule has 8 heteroatoms. The van der Waals surface area contributed by atoms with Crippen LogP contribution in [0, 0.1) is 6.92 Å². The third-order valence-corrected chi connectivity index (χ3v) is 6.92. The Bertz CT molecular complexity index is 1410. The molecule has 2 aromatic carbocycles. The summed E-state index contributed by atoms with van der Waals surface area (Å²) in [5.74, 6) is -0.712. The minimum atomic E-state index is -0.926. The van der Waals surface area contributed by atoms with Crippen LogP contribution >= 0.6 is 11.3 Å². The first-order valence-corrected chi connectivity index (χ1v) is 11.9. The monoisotopic (exact) mass is 486 g/mol. The molecule has 2 aromatic heterocycles. The molecule has 3 heterocycles. The largest absolute Gasteiger partial charge is 0.503 e. The van der Waals surface area contributed by atoms with Crippen LogP contribution in [0.25, 0.3) is 10.6 Å². The number of rotatable bonds is 7. The van der Waals surface area contributed by atoms with Gasteiger partial charge >= 0.3 is 0 Å². The molecule has 0 radical (unpaired) electrons. The second-order valence-corrected chi connectivity index (χ2v) is 8.91. The van der Waals surface area contributed by atoms with E-state index < -0.39 is 23.5 Å². The number of ketones is 1. The summed E-state index contributed by atoms with van der Waals surface area (Å²) in [5.41, 5.74) is 1.88. The summed E-state index contributed by atoms with van der Waals surface area (Å²) < 4.78 is 11.1. The molecule has 176 valence electrons. The minimum Gasteiger partial charge on any atom is -0.503 e. The van der Waals surface area contributed by atoms with Gasteiger partial charge in [0.1, 0.15) is 22.6 Å². The van der Waals surface area contributed by atoms with Crippen LogP contribution in [0.5, 0.6) is 5.75 Å². The predicted octanol–water partition coefficient (Wildman–Crippen LogP) is 5.89. The van der Waals surface area contributed by atoms with Gasteiger partial charge in [-0.2, -0.15) is 0 Å². The van der Waals surface area contributed by atoms with Crippen LogP contribution in [0.4, 0.5) is 5.69 Å². The molecule has 1 aliphatic rings. The van der Waals surface area contributed by atoms with Crippen molar-refractivity contribution in [1.82, 2.24) is 4.98 Å². The fraction of sp³-hybridized carbons (Fsp3) is 0.148. The quantitative estimate of drug-likeness (QED) is 0.327. The number of hydrogen-bond donors (Lipinski definition) is 1. The highest BCUT2D eigenvalue weighted by Crippen LogP contribution is 2.43. The molecule has 5 rings (SSSR count). The van der Waals surface area contributed by atoms with E-state index in [0.717, 1.165) is 5.56 Å². The lowest BCUT2D eigenvalue weighted by Gasteiger charge is -2.25. The molecule has 0 saturated carbocycles. The lowest BCUT2D eigenvalue weighted by Crippen LogP contribution is -2.30. The molecule has 0 aliphatic carbocycles. The number of carbonyl (C=O) groups is 2. The van der Waals surface area contributed by atoms with Gasteiger partial charge in [0, 0.05) is 11.3 Å². The Morgan fingerprint density at radius 2 is 1.86 bits per heavy atom. The Balaban J connectivity index is 1.57. The zero-order valence-corrected chi connectivity index (χ0v) is 19.9. The van der Waals surface area contributed by atoms with Gasteiger partial charge in [-0.05, 0) is 50.2 Å². The van der Waals surface area contributed by atoms with Crippen LogP contribution in [-0.4, -0.2) is 28.4 Å². The van der Waals surface area contributed by atoms with Crippen molar-refractivity contribution in [1.29, 1.82) is 0 Å². The third kappa shape index (κ3) is 4.02. The molecule has 0 spiro atoms. The van der Waals surface area contributed by atoms with Gasteiger partial charge in [-0.1, -0.05) is 30.3 Å². The average Bonchev–Trinajstić information content (AvgIpc) is 3.59. The molecule has 0 fully saturated rings. The number of ether oxygens (including phenoxy) is 1. The van der Waals surface area contributed by atoms with Crippen LogP contribution in [0.15, 0.2) is 88.7 Å². The summed E-state index contributed by atoms with van der Waals surface area (Å²) in [6, 6.07) is 18.9. The molecule has 0 saturated heterocycles. The first-order chi connectivity index (χ1) is 17.0. The molecule has 35 heavy (non-hydrogen) atoms. The van der Waals surface area contributed by atoms with E-state index in [-0.39, 0.29) is 5.57 Å². The topological polar surface area (TPSA) is 92.9 Å². The van der Waals surface area contributed by atoms with Gasteiger partial charge in [-0.3, -0.25) is 14.5 Å². The number of benzene rings is 2. The van der Waals surface area contributed by atoms with Crippen LogP contribution in [0.3, 0.4) is 0 Å². The first kappa shape index (κ1) is 22.6. The summed E-state index contributed by atoms with van der Waals surface area (Å²) in [6.45, 7) is 4.14. The van der Waals surface area contributed by atoms with Crippen LogP contribution < -0.4 is 9.64 Å². The van der Waals surface area contributed by atoms with E-state index in [0.29, 0.717) is 39.4 Å². The van der Waals surface area contributed by atoms with Gasteiger partial charge in [0.05, 0.1) is 29.0 Å². The number of furan rings is 1. The highest BCUT2D eigenvalue weighted by Gasteiger charge is 2.46. The Kier molecular flexibility index (Phi) is 5.96. The first-order valence-electron chi connectivity index (χ1n) is 11.1. The van der Waals surface area contributed by atoms with E-state index >= 15 is 0 Å². The van der Waals surface area contributed by atoms with E-state index in [9.17, 15) is 14.7 Å². The van der Waals surface area contributed by atoms with E-state index in [1.165, 1.54) is 22.5 Å². The Hall–Kier alpha value is -4.17. The Labute approximate surface area is 205 Å². The number of aryl methyl sites for hydroxylation is 1. The summed E-state index contributed by atoms with van der Waals surface area (Å²) in [7, 11) is 0. The summed E-state index contributed by atoms with van der Waals surface area (Å²) >= 11 is 1.23. The summed E-state index contributed by atoms with van der Waals surface area (Å²) in [4.78, 5) is 33.4. The van der Waals surface area contributed by atoms with Crippen molar-refractivity contribution in [3.8, 4) is 16.3 Å². The summed E-state index contributed by atoms with van der Waals surface area (Å²) in [6.07, 6.45) is 1.47. The number of Topliss-reactive ketones (excluding diaryl/α,β-unsaturated/α-hetero) is 1. The maximum atomic E-state index is 13.8. The van der Waals surface area contributed by atoms with Gasteiger partial charge in [0.2, 0.25) is 5.78 Å². The molecule has 1 aliphatic heterocycles. The number of thiazole rings is 1. The highest BCUT2D eigenvalue weighted by atomic mass is 32.1. The van der Waals surface area contributed by atoms with Crippen LogP contribution in [0.2, 0.25) is 0 Å². The molecular weight excluding hydrogens is 464 g/mol. The molecule has 0 bridgehead atoms. The van der Waals surface area contributed by atoms with Gasteiger partial charge in [0.15, 0.2) is 5.76 Å². The zero-order valence-electron chi connectivity index (χ0n) is 19.1. The molecule has 1 amide bonds. The molecule has 7 nitrogen and oxygen atoms in total. The highest BCUT2D eigenvalue weighted by molar-refractivity contribution is 7.17. The maximum Gasteiger partial charge on any atom is 0.294 e. The predicted molar refractivity (Wildman–Crippen MR) is 133 cm³/mol. The number of aromatic nitrogens is 1. The number of nitrogens with zero attached hydrogens (tertiary/aromatic N) is 2. The molecule has 1 N–H and O–H groups in total. The number of amides is 1. The van der Waals surface area contributed by atoms with E-state index in [4.69, 9.17) is 9.15 Å². The number of hydrogen-bond acceptors (Lipinski definition) is 7. The van der Waals surface area contributed by atoms with Crippen molar-refractivity contribution in [3.05, 3.63) is 101 Å². The van der Waals surface area contributed by atoms with Crippen molar-refractivity contribution in [3.63, 3.8) is 0 Å². The van der Waals surface area contributed by atoms with Gasteiger partial charge in [0.25, 0.3) is 5.91 Å². The number of anilines is 1. The third-order valence-electron chi connectivity index (χ3n) is 5.71. The van der Waals surface area contributed by atoms with Crippen molar-refractivity contribution >= 4 is 28.7 Å². The lowest BCUT2D eigenvalue weighted by molar-refractivity contribution is -0.117. The minimum absolute atomic E-state index is 0.0369. The molecule has 1 atom stereocenters. The van der Waals surface area contributed by atoms with E-state index in [1.807, 2.05) is 37.3 Å². The van der Waals surface area contributed by atoms with E-state index in [1.54, 1.807) is 43.3 Å². The van der Waals surface area contributed by atoms with E-state index in [2.05, 4.69) is 4.98 Å². The number of aliphatic hydroxyl groups excluding tert-OH is 1. The number of aliphatic hydroxyl groups is 1. The normalized spacial score (nSPS) is 15.7. The Morgan fingerprint density at radius 1 is 1.11 bits per heavy atom. The molecular formula is C27H22N2O5S. The zero-order chi connectivity index (χ0) is 24.5. The lowest BCUT2D eigenvalue weighted by atomic mass is 9.99. The van der Waals surface area contributed by atoms with Crippen LogP contribution in [-0.2, 0) is 4.79 Å². The second kappa shape index (κ2) is 9.23. The van der Waals surface area contributed by atoms with Crippen molar-refractivity contribution < 1.29 is 23.8 Å². The van der Waals surface area contributed by atoms with Gasteiger partial charge in [-0.25, -0.2) is 4.98 Å². The fourth-order valence-corrected chi connectivity index (χ4v) is 5.15.